The standard InChI is InChI=1S/C11H8BrFO2/c12-9-5-3-6-10(13)8(9)4-1-2-7-11(14)15/h1-7H,(H,14,15)/b4-1+,7-2+. The third kappa shape index (κ3) is 3.67. The number of carboxylic acid groups (broad SMARTS) is 1. The molecule has 0 heterocycles. The van der Waals surface area contributed by atoms with Gasteiger partial charge in [-0.2, -0.15) is 0 Å². The average Bonchev–Trinajstić information content (AvgIpc) is 2.15. The summed E-state index contributed by atoms with van der Waals surface area (Å²) in [5, 5.41) is 8.32. The molecule has 0 aliphatic rings. The van der Waals surface area contributed by atoms with Crippen LogP contribution in [-0.4, -0.2) is 11.1 Å². The Morgan fingerprint density at radius 2 is 2.13 bits per heavy atom. The molecule has 1 rings (SSSR count). The quantitative estimate of drug-likeness (QED) is 0.676. The third-order valence-corrected chi connectivity index (χ3v) is 2.30. The number of hydrogen-bond acceptors (Lipinski definition) is 1. The molecule has 78 valence electrons. The fraction of sp³-hybridized carbons (Fsp3) is 0. The molecule has 0 aliphatic heterocycles. The highest BCUT2D eigenvalue weighted by molar-refractivity contribution is 9.10. The minimum atomic E-state index is -1.03. The molecule has 15 heavy (non-hydrogen) atoms. The van der Waals surface area contributed by atoms with Gasteiger partial charge in [-0.3, -0.25) is 0 Å². The zero-order chi connectivity index (χ0) is 11.3. The van der Waals surface area contributed by atoms with Crippen LogP contribution in [0.3, 0.4) is 0 Å². The minimum absolute atomic E-state index is 0.357. The van der Waals surface area contributed by atoms with Gasteiger partial charge in [0, 0.05) is 16.1 Å². The highest BCUT2D eigenvalue weighted by Gasteiger charge is 2.00. The average molecular weight is 271 g/mol. The Kier molecular flexibility index (Phi) is 4.24. The molecule has 0 bridgehead atoms. The zero-order valence-corrected chi connectivity index (χ0v) is 9.24. The van der Waals surface area contributed by atoms with E-state index in [4.69, 9.17) is 5.11 Å². The Balaban J connectivity index is 2.85. The van der Waals surface area contributed by atoms with Crippen molar-refractivity contribution in [2.24, 2.45) is 0 Å². The normalized spacial score (nSPS) is 11.3. The van der Waals surface area contributed by atoms with Gasteiger partial charge in [-0.15, -0.1) is 0 Å². The Morgan fingerprint density at radius 3 is 2.73 bits per heavy atom. The first-order valence-corrected chi connectivity index (χ1v) is 4.92. The molecule has 0 spiro atoms. The van der Waals surface area contributed by atoms with Crippen LogP contribution < -0.4 is 0 Å². The van der Waals surface area contributed by atoms with Crippen LogP contribution >= 0.6 is 15.9 Å². The van der Waals surface area contributed by atoms with Crippen molar-refractivity contribution in [2.75, 3.05) is 0 Å². The van der Waals surface area contributed by atoms with Crippen LogP contribution in [-0.2, 0) is 4.79 Å². The SMILES string of the molecule is O=C(O)/C=C/C=C/c1c(F)cccc1Br. The number of benzene rings is 1. The van der Waals surface area contributed by atoms with Gasteiger partial charge < -0.3 is 5.11 Å². The van der Waals surface area contributed by atoms with Crippen LogP contribution in [0.25, 0.3) is 6.08 Å². The minimum Gasteiger partial charge on any atom is -0.478 e. The van der Waals surface area contributed by atoms with Crippen molar-refractivity contribution in [2.45, 2.75) is 0 Å². The maximum atomic E-state index is 13.2. The Hall–Kier alpha value is -1.42. The Labute approximate surface area is 94.9 Å². The van der Waals surface area contributed by atoms with Crippen LogP contribution in [0, 0.1) is 5.82 Å². The van der Waals surface area contributed by atoms with E-state index in [-0.39, 0.29) is 5.82 Å². The fourth-order valence-corrected chi connectivity index (χ4v) is 1.43. The van der Waals surface area contributed by atoms with E-state index in [0.717, 1.165) is 6.08 Å². The van der Waals surface area contributed by atoms with Crippen LogP contribution in [0.4, 0.5) is 4.39 Å². The molecule has 0 aliphatic carbocycles. The van der Waals surface area contributed by atoms with Crippen molar-refractivity contribution in [3.63, 3.8) is 0 Å². The lowest BCUT2D eigenvalue weighted by atomic mass is 10.2. The molecule has 0 fully saturated rings. The zero-order valence-electron chi connectivity index (χ0n) is 7.65. The van der Waals surface area contributed by atoms with Crippen LogP contribution in [0.1, 0.15) is 5.56 Å². The molecular weight excluding hydrogens is 263 g/mol. The molecule has 0 saturated carbocycles. The molecule has 0 saturated heterocycles. The number of carbonyl (C=O) groups is 1. The van der Waals surface area contributed by atoms with Crippen molar-refractivity contribution < 1.29 is 14.3 Å². The summed E-state index contributed by atoms with van der Waals surface area (Å²) in [6, 6.07) is 4.64. The number of halogens is 2. The Bertz CT molecular complexity index is 404. The van der Waals surface area contributed by atoms with Gasteiger partial charge in [-0.05, 0) is 12.1 Å². The molecule has 1 N–H and O–H groups in total. The van der Waals surface area contributed by atoms with E-state index in [1.165, 1.54) is 24.3 Å². The number of carboxylic acids is 1. The molecule has 0 amide bonds. The van der Waals surface area contributed by atoms with E-state index >= 15 is 0 Å². The van der Waals surface area contributed by atoms with Gasteiger partial charge in [0.15, 0.2) is 0 Å². The fourth-order valence-electron chi connectivity index (χ4n) is 0.960. The summed E-state index contributed by atoms with van der Waals surface area (Å²) < 4.78 is 13.8. The van der Waals surface area contributed by atoms with Gasteiger partial charge in [0.25, 0.3) is 0 Å². The van der Waals surface area contributed by atoms with Gasteiger partial charge in [0.1, 0.15) is 5.82 Å². The molecule has 1 aromatic carbocycles. The van der Waals surface area contributed by atoms with Gasteiger partial charge in [-0.1, -0.05) is 40.2 Å². The molecule has 0 aromatic heterocycles. The second-order valence-electron chi connectivity index (χ2n) is 2.69. The highest BCUT2D eigenvalue weighted by Crippen LogP contribution is 2.20. The molecule has 2 nitrogen and oxygen atoms in total. The lowest BCUT2D eigenvalue weighted by Crippen LogP contribution is -1.85. The largest absolute Gasteiger partial charge is 0.478 e. The van der Waals surface area contributed by atoms with E-state index in [0.29, 0.717) is 10.0 Å². The van der Waals surface area contributed by atoms with Gasteiger partial charge in [0.2, 0.25) is 0 Å². The van der Waals surface area contributed by atoms with Crippen molar-refractivity contribution in [1.82, 2.24) is 0 Å². The lowest BCUT2D eigenvalue weighted by Gasteiger charge is -1.98. The van der Waals surface area contributed by atoms with Crippen molar-refractivity contribution in [3.05, 3.63) is 52.3 Å². The molecule has 0 unspecified atom stereocenters. The summed E-state index contributed by atoms with van der Waals surface area (Å²) in [5.74, 6) is -1.39. The van der Waals surface area contributed by atoms with E-state index < -0.39 is 5.97 Å². The number of aliphatic carboxylic acids is 1. The summed E-state index contributed by atoms with van der Waals surface area (Å²) in [6.07, 6.45) is 5.28. The first-order valence-electron chi connectivity index (χ1n) is 4.13. The van der Waals surface area contributed by atoms with Gasteiger partial charge in [-0.25, -0.2) is 9.18 Å². The maximum Gasteiger partial charge on any atom is 0.328 e. The van der Waals surface area contributed by atoms with E-state index in [1.807, 2.05) is 0 Å². The van der Waals surface area contributed by atoms with E-state index in [1.54, 1.807) is 12.1 Å². The predicted molar refractivity (Wildman–Crippen MR) is 59.9 cm³/mol. The summed E-state index contributed by atoms with van der Waals surface area (Å²) >= 11 is 3.20. The predicted octanol–water partition coefficient (Wildman–Crippen LogP) is 3.24. The molecule has 4 heteroatoms. The highest BCUT2D eigenvalue weighted by atomic mass is 79.9. The lowest BCUT2D eigenvalue weighted by molar-refractivity contribution is -0.131. The topological polar surface area (TPSA) is 37.3 Å². The monoisotopic (exact) mass is 270 g/mol. The van der Waals surface area contributed by atoms with E-state index in [2.05, 4.69) is 15.9 Å². The van der Waals surface area contributed by atoms with Gasteiger partial charge >= 0.3 is 5.97 Å². The second kappa shape index (κ2) is 5.46. The summed E-state index contributed by atoms with van der Waals surface area (Å²) in [6.45, 7) is 0. The molecule has 1 aromatic rings. The third-order valence-electron chi connectivity index (χ3n) is 1.61. The number of rotatable bonds is 3. The smallest absolute Gasteiger partial charge is 0.328 e. The Morgan fingerprint density at radius 1 is 1.40 bits per heavy atom. The summed E-state index contributed by atoms with van der Waals surface area (Å²) in [5.41, 5.74) is 0.396. The van der Waals surface area contributed by atoms with Gasteiger partial charge in [0.05, 0.1) is 0 Å². The van der Waals surface area contributed by atoms with Crippen LogP contribution in [0.2, 0.25) is 0 Å². The van der Waals surface area contributed by atoms with Crippen molar-refractivity contribution in [3.8, 4) is 0 Å². The van der Waals surface area contributed by atoms with Crippen LogP contribution in [0.5, 0.6) is 0 Å². The van der Waals surface area contributed by atoms with E-state index in [9.17, 15) is 9.18 Å². The van der Waals surface area contributed by atoms with Crippen molar-refractivity contribution >= 4 is 28.0 Å². The summed E-state index contributed by atoms with van der Waals surface area (Å²) in [7, 11) is 0. The molecular formula is C11H8BrFO2. The number of hydrogen-bond donors (Lipinski definition) is 1. The van der Waals surface area contributed by atoms with Crippen LogP contribution in [0.15, 0.2) is 40.9 Å². The maximum absolute atomic E-state index is 13.2. The summed E-state index contributed by atoms with van der Waals surface area (Å²) in [4.78, 5) is 10.1. The molecule has 0 radical (unpaired) electrons. The first kappa shape index (κ1) is 11.7. The first-order chi connectivity index (χ1) is 7.11. The number of allylic oxidation sites excluding steroid dienone is 2. The second-order valence-corrected chi connectivity index (χ2v) is 3.55. The van der Waals surface area contributed by atoms with Crippen molar-refractivity contribution in [1.29, 1.82) is 0 Å². The molecule has 0 atom stereocenters.